The number of β-amino-alcohol motifs (C(OH)–C–C–N with tert-alkyl or cyclic N) is 1. The van der Waals surface area contributed by atoms with Crippen molar-refractivity contribution in [2.24, 2.45) is 5.73 Å². The van der Waals surface area contributed by atoms with E-state index in [9.17, 15) is 9.90 Å². The molecule has 0 fully saturated rings. The van der Waals surface area contributed by atoms with E-state index in [1.807, 2.05) is 12.2 Å². The number of nitrogens with one attached hydrogen (secondary N) is 1. The van der Waals surface area contributed by atoms with E-state index in [-0.39, 0.29) is 12.5 Å². The molecule has 0 spiro atoms. The van der Waals surface area contributed by atoms with Crippen LogP contribution >= 0.6 is 0 Å². The average molecular weight is 317 g/mol. The van der Waals surface area contributed by atoms with Gasteiger partial charge in [-0.3, -0.25) is 9.69 Å². The number of nitrogens with zero attached hydrogens (tertiary/aromatic N) is 1. The van der Waals surface area contributed by atoms with Crippen LogP contribution in [0.4, 0.5) is 0 Å². The van der Waals surface area contributed by atoms with Crippen LogP contribution < -0.4 is 11.1 Å². The van der Waals surface area contributed by atoms with Crippen LogP contribution in [0.2, 0.25) is 0 Å². The Morgan fingerprint density at radius 1 is 1.43 bits per heavy atom. The summed E-state index contributed by atoms with van der Waals surface area (Å²) in [6, 6.07) is 0. The molecule has 5 nitrogen and oxygen atoms in total. The van der Waals surface area contributed by atoms with Crippen molar-refractivity contribution in [1.29, 1.82) is 0 Å². The summed E-state index contributed by atoms with van der Waals surface area (Å²) < 4.78 is 0. The number of carbonyl (C=O) groups excluding carboxylic acids is 1. The van der Waals surface area contributed by atoms with Gasteiger partial charge in [0.1, 0.15) is 0 Å². The Hall–Kier alpha value is -2.11. The van der Waals surface area contributed by atoms with Crippen LogP contribution in [0.5, 0.6) is 0 Å². The van der Waals surface area contributed by atoms with E-state index in [0.29, 0.717) is 12.1 Å². The van der Waals surface area contributed by atoms with Crippen LogP contribution in [0.3, 0.4) is 0 Å². The van der Waals surface area contributed by atoms with Crippen molar-refractivity contribution in [3.05, 3.63) is 60.4 Å². The van der Waals surface area contributed by atoms with Crippen molar-refractivity contribution in [2.75, 3.05) is 26.2 Å². The summed E-state index contributed by atoms with van der Waals surface area (Å²) >= 11 is 0. The molecular weight excluding hydrogens is 290 g/mol. The molecule has 23 heavy (non-hydrogen) atoms. The van der Waals surface area contributed by atoms with Gasteiger partial charge in [0.15, 0.2) is 0 Å². The Bertz CT molecular complexity index is 532. The average Bonchev–Trinajstić information content (AvgIpc) is 2.57. The molecule has 1 unspecified atom stereocenters. The zero-order chi connectivity index (χ0) is 17.2. The van der Waals surface area contributed by atoms with Gasteiger partial charge in [0.25, 0.3) is 5.91 Å². The zero-order valence-corrected chi connectivity index (χ0v) is 13.8. The molecule has 0 saturated carbocycles. The molecule has 0 bridgehead atoms. The van der Waals surface area contributed by atoms with Gasteiger partial charge in [0.2, 0.25) is 0 Å². The van der Waals surface area contributed by atoms with Gasteiger partial charge in [0, 0.05) is 31.8 Å². The Balaban J connectivity index is 2.47. The number of carbonyl (C=O) groups is 1. The Morgan fingerprint density at radius 3 is 2.70 bits per heavy atom. The van der Waals surface area contributed by atoms with Gasteiger partial charge in [-0.05, 0) is 36.8 Å². The molecule has 126 valence electrons. The molecule has 1 aliphatic heterocycles. The fourth-order valence-electron chi connectivity index (χ4n) is 2.53. The first-order valence-electron chi connectivity index (χ1n) is 7.75. The third-order valence-electron chi connectivity index (χ3n) is 3.81. The lowest BCUT2D eigenvalue weighted by atomic mass is 10.00. The summed E-state index contributed by atoms with van der Waals surface area (Å²) in [7, 11) is 0. The molecule has 4 N–H and O–H groups in total. The highest BCUT2D eigenvalue weighted by Crippen LogP contribution is 2.19. The lowest BCUT2D eigenvalue weighted by Crippen LogP contribution is -2.42. The summed E-state index contributed by atoms with van der Waals surface area (Å²) in [5.74, 6) is -0.243. The number of nitrogens with two attached hydrogens (primary N) is 1. The molecule has 1 rings (SSSR count). The van der Waals surface area contributed by atoms with Crippen molar-refractivity contribution < 1.29 is 9.90 Å². The van der Waals surface area contributed by atoms with Crippen molar-refractivity contribution in [1.82, 2.24) is 10.2 Å². The van der Waals surface area contributed by atoms with Crippen molar-refractivity contribution >= 4 is 5.91 Å². The third kappa shape index (κ3) is 5.88. The summed E-state index contributed by atoms with van der Waals surface area (Å²) in [6.07, 6.45) is 8.50. The Labute approximate surface area is 138 Å². The first-order chi connectivity index (χ1) is 11.0. The molecule has 0 aromatic rings. The maximum atomic E-state index is 11.9. The number of hydrogen-bond acceptors (Lipinski definition) is 4. The number of aliphatic hydroxyl groups excluding tert-OH is 1. The minimum Gasteiger partial charge on any atom is -0.405 e. The minimum atomic E-state index is -0.629. The molecule has 0 saturated heterocycles. The van der Waals surface area contributed by atoms with E-state index >= 15 is 0 Å². The molecule has 5 heteroatoms. The fourth-order valence-corrected chi connectivity index (χ4v) is 2.53. The maximum absolute atomic E-state index is 11.9. The standard InChI is InChI=1S/C18H27N3O2/c1-4-14-8-10-21(12-16(14)6-3)13-17(22)11-20-18(23)15(5-2)7-9-19/h4-7,9,17,22H,1,3,8,10-13,19H2,2H3,(H,20,23)/b9-7-,15-5+. The van der Waals surface area contributed by atoms with Crippen LogP contribution in [0.25, 0.3) is 0 Å². The monoisotopic (exact) mass is 317 g/mol. The number of aliphatic hydroxyl groups is 1. The molecule has 1 atom stereocenters. The molecule has 0 radical (unpaired) electrons. The highest BCUT2D eigenvalue weighted by Gasteiger charge is 2.19. The molecule has 1 heterocycles. The van der Waals surface area contributed by atoms with E-state index in [1.165, 1.54) is 17.8 Å². The molecule has 1 amide bonds. The van der Waals surface area contributed by atoms with Crippen molar-refractivity contribution in [3.8, 4) is 0 Å². The van der Waals surface area contributed by atoms with Gasteiger partial charge in [-0.25, -0.2) is 0 Å². The van der Waals surface area contributed by atoms with Gasteiger partial charge in [-0.2, -0.15) is 0 Å². The van der Waals surface area contributed by atoms with E-state index in [0.717, 1.165) is 25.1 Å². The minimum absolute atomic E-state index is 0.201. The van der Waals surface area contributed by atoms with E-state index < -0.39 is 6.10 Å². The number of hydrogen-bond donors (Lipinski definition) is 3. The van der Waals surface area contributed by atoms with Crippen molar-refractivity contribution in [2.45, 2.75) is 19.4 Å². The van der Waals surface area contributed by atoms with Gasteiger partial charge in [0.05, 0.1) is 6.10 Å². The van der Waals surface area contributed by atoms with Crippen LogP contribution in [0, 0.1) is 0 Å². The smallest absolute Gasteiger partial charge is 0.251 e. The summed E-state index contributed by atoms with van der Waals surface area (Å²) in [5, 5.41) is 12.9. The largest absolute Gasteiger partial charge is 0.405 e. The molecule has 1 aliphatic rings. The van der Waals surface area contributed by atoms with Crippen LogP contribution in [-0.2, 0) is 4.79 Å². The molecular formula is C18H27N3O2. The van der Waals surface area contributed by atoms with E-state index in [2.05, 4.69) is 23.4 Å². The van der Waals surface area contributed by atoms with Gasteiger partial charge in [-0.15, -0.1) is 0 Å². The summed E-state index contributed by atoms with van der Waals surface area (Å²) in [4.78, 5) is 14.0. The predicted molar refractivity (Wildman–Crippen MR) is 94.6 cm³/mol. The topological polar surface area (TPSA) is 78.6 Å². The highest BCUT2D eigenvalue weighted by atomic mass is 16.3. The summed E-state index contributed by atoms with van der Waals surface area (Å²) in [5.41, 5.74) is 8.13. The van der Waals surface area contributed by atoms with Gasteiger partial charge in [-0.1, -0.05) is 31.4 Å². The molecule has 0 aromatic carbocycles. The van der Waals surface area contributed by atoms with Crippen molar-refractivity contribution in [3.63, 3.8) is 0 Å². The van der Waals surface area contributed by atoms with Crippen LogP contribution in [-0.4, -0.2) is 48.2 Å². The first kappa shape index (κ1) is 18.9. The van der Waals surface area contributed by atoms with Crippen LogP contribution in [0.15, 0.2) is 60.4 Å². The second-order valence-corrected chi connectivity index (χ2v) is 5.41. The lowest BCUT2D eigenvalue weighted by Gasteiger charge is -2.30. The van der Waals surface area contributed by atoms with E-state index in [1.54, 1.807) is 13.0 Å². The highest BCUT2D eigenvalue weighted by molar-refractivity contribution is 5.96. The number of amides is 1. The fraction of sp³-hybridized carbons (Fsp3) is 0.389. The summed E-state index contributed by atoms with van der Waals surface area (Å²) in [6.45, 7) is 11.7. The normalized spacial score (nSPS) is 18.1. The predicted octanol–water partition coefficient (Wildman–Crippen LogP) is 1.26. The SMILES string of the molecule is C=CC1=C(C=C)CN(CC(O)CNC(=O)C(/C=C\N)=C/C)CC1. The quantitative estimate of drug-likeness (QED) is 0.465. The number of rotatable bonds is 8. The lowest BCUT2D eigenvalue weighted by molar-refractivity contribution is -0.117. The maximum Gasteiger partial charge on any atom is 0.251 e. The molecule has 0 aromatic heterocycles. The third-order valence-corrected chi connectivity index (χ3v) is 3.81. The van der Waals surface area contributed by atoms with Gasteiger partial charge < -0.3 is 16.2 Å². The van der Waals surface area contributed by atoms with Crippen LogP contribution in [0.1, 0.15) is 13.3 Å². The Kier molecular flexibility index (Phi) is 8.08. The number of allylic oxidation sites excluding steroid dienone is 2. The Morgan fingerprint density at radius 2 is 2.13 bits per heavy atom. The zero-order valence-electron chi connectivity index (χ0n) is 13.8. The second-order valence-electron chi connectivity index (χ2n) is 5.41. The van der Waals surface area contributed by atoms with Gasteiger partial charge >= 0.3 is 0 Å². The van der Waals surface area contributed by atoms with E-state index in [4.69, 9.17) is 5.73 Å². The first-order valence-corrected chi connectivity index (χ1v) is 7.75. The second kappa shape index (κ2) is 9.82. The molecule has 0 aliphatic carbocycles.